The fourth-order valence-electron chi connectivity index (χ4n) is 2.29. The molecule has 5 heteroatoms. The van der Waals surface area contributed by atoms with Crippen LogP contribution in [-0.2, 0) is 0 Å². The zero-order chi connectivity index (χ0) is 13.6. The summed E-state index contributed by atoms with van der Waals surface area (Å²) in [5.41, 5.74) is 4.18. The van der Waals surface area contributed by atoms with Gasteiger partial charge in [-0.05, 0) is 26.3 Å². The van der Waals surface area contributed by atoms with E-state index in [1.165, 1.54) is 11.1 Å². The highest BCUT2D eigenvalue weighted by Gasteiger charge is 2.13. The van der Waals surface area contributed by atoms with Gasteiger partial charge in [0.25, 0.3) is 0 Å². The van der Waals surface area contributed by atoms with E-state index in [4.69, 9.17) is 11.6 Å². The van der Waals surface area contributed by atoms with Crippen LogP contribution in [-0.4, -0.2) is 19.6 Å². The standard InChI is InChI=1S/C14H13ClN4/c1-8-4-5-11(9(2)6-8)14-18-17-13-7-12(15)16-10(3)19(13)14/h4-7H,1-3H3. The number of halogens is 1. The SMILES string of the molecule is Cc1ccc(-c2nnc3cc(Cl)nc(C)n23)c(C)c1. The van der Waals surface area contributed by atoms with Crippen molar-refractivity contribution in [3.63, 3.8) is 0 Å². The molecule has 3 rings (SSSR count). The third-order valence-electron chi connectivity index (χ3n) is 3.15. The van der Waals surface area contributed by atoms with Crippen LogP contribution in [0.25, 0.3) is 17.0 Å². The molecule has 0 radical (unpaired) electrons. The van der Waals surface area contributed by atoms with E-state index in [0.29, 0.717) is 10.8 Å². The molecule has 19 heavy (non-hydrogen) atoms. The summed E-state index contributed by atoms with van der Waals surface area (Å²) in [6, 6.07) is 7.99. The van der Waals surface area contributed by atoms with Gasteiger partial charge in [-0.2, -0.15) is 0 Å². The van der Waals surface area contributed by atoms with Gasteiger partial charge in [0.2, 0.25) is 0 Å². The van der Waals surface area contributed by atoms with Crippen LogP contribution in [0.3, 0.4) is 0 Å². The summed E-state index contributed by atoms with van der Waals surface area (Å²) in [7, 11) is 0. The molecule has 0 fully saturated rings. The Bertz CT molecular complexity index is 776. The first-order chi connectivity index (χ1) is 9.06. The zero-order valence-electron chi connectivity index (χ0n) is 11.0. The number of nitrogens with zero attached hydrogens (tertiary/aromatic N) is 4. The number of hydrogen-bond donors (Lipinski definition) is 0. The van der Waals surface area contributed by atoms with Crippen molar-refractivity contribution in [2.45, 2.75) is 20.8 Å². The number of hydrogen-bond acceptors (Lipinski definition) is 3. The lowest BCUT2D eigenvalue weighted by Gasteiger charge is -2.07. The summed E-state index contributed by atoms with van der Waals surface area (Å²) in [4.78, 5) is 4.26. The fourth-order valence-corrected chi connectivity index (χ4v) is 2.51. The van der Waals surface area contributed by atoms with E-state index in [1.54, 1.807) is 6.07 Å². The van der Waals surface area contributed by atoms with Gasteiger partial charge < -0.3 is 0 Å². The smallest absolute Gasteiger partial charge is 0.170 e. The lowest BCUT2D eigenvalue weighted by Crippen LogP contribution is -1.99. The maximum atomic E-state index is 5.94. The van der Waals surface area contributed by atoms with Gasteiger partial charge in [0.15, 0.2) is 11.5 Å². The highest BCUT2D eigenvalue weighted by atomic mass is 35.5. The van der Waals surface area contributed by atoms with Gasteiger partial charge in [-0.25, -0.2) is 4.98 Å². The summed E-state index contributed by atoms with van der Waals surface area (Å²) in [6.45, 7) is 6.04. The maximum absolute atomic E-state index is 5.94. The highest BCUT2D eigenvalue weighted by Crippen LogP contribution is 2.24. The highest BCUT2D eigenvalue weighted by molar-refractivity contribution is 6.29. The molecule has 2 heterocycles. The van der Waals surface area contributed by atoms with E-state index in [9.17, 15) is 0 Å². The zero-order valence-corrected chi connectivity index (χ0v) is 11.7. The van der Waals surface area contributed by atoms with E-state index < -0.39 is 0 Å². The van der Waals surface area contributed by atoms with Crippen LogP contribution >= 0.6 is 11.6 Å². The molecule has 0 spiro atoms. The predicted molar refractivity (Wildman–Crippen MR) is 75.4 cm³/mol. The second-order valence-electron chi connectivity index (χ2n) is 4.66. The molecule has 3 aromatic rings. The van der Waals surface area contributed by atoms with Crippen LogP contribution in [0.1, 0.15) is 17.0 Å². The molecule has 0 aliphatic rings. The van der Waals surface area contributed by atoms with Crippen LogP contribution in [0.4, 0.5) is 0 Å². The lowest BCUT2D eigenvalue weighted by molar-refractivity contribution is 0.987. The van der Waals surface area contributed by atoms with Gasteiger partial charge >= 0.3 is 0 Å². The van der Waals surface area contributed by atoms with E-state index in [0.717, 1.165) is 17.2 Å². The molecule has 0 saturated heterocycles. The molecule has 0 atom stereocenters. The minimum absolute atomic E-state index is 0.435. The van der Waals surface area contributed by atoms with Crippen molar-refractivity contribution in [3.8, 4) is 11.4 Å². The third kappa shape index (κ3) is 1.98. The minimum Gasteiger partial charge on any atom is -0.263 e. The maximum Gasteiger partial charge on any atom is 0.170 e. The van der Waals surface area contributed by atoms with Gasteiger partial charge in [-0.1, -0.05) is 35.4 Å². The van der Waals surface area contributed by atoms with Crippen molar-refractivity contribution < 1.29 is 0 Å². The molecule has 0 unspecified atom stereocenters. The van der Waals surface area contributed by atoms with Crippen LogP contribution in [0.5, 0.6) is 0 Å². The summed E-state index contributed by atoms with van der Waals surface area (Å²) in [6.07, 6.45) is 0. The van der Waals surface area contributed by atoms with Crippen molar-refractivity contribution in [2.24, 2.45) is 0 Å². The quantitative estimate of drug-likeness (QED) is 0.638. The number of benzene rings is 1. The van der Waals surface area contributed by atoms with Crippen molar-refractivity contribution in [2.75, 3.05) is 0 Å². The topological polar surface area (TPSA) is 43.1 Å². The largest absolute Gasteiger partial charge is 0.263 e. The lowest BCUT2D eigenvalue weighted by atomic mass is 10.1. The Hall–Kier alpha value is -1.94. The predicted octanol–water partition coefficient (Wildman–Crippen LogP) is 3.37. The molecule has 2 aromatic heterocycles. The Morgan fingerprint density at radius 2 is 1.84 bits per heavy atom. The molecule has 96 valence electrons. The summed E-state index contributed by atoms with van der Waals surface area (Å²) < 4.78 is 1.92. The number of fused-ring (bicyclic) bond motifs is 1. The third-order valence-corrected chi connectivity index (χ3v) is 3.34. The Morgan fingerprint density at radius 3 is 2.58 bits per heavy atom. The van der Waals surface area contributed by atoms with E-state index >= 15 is 0 Å². The van der Waals surface area contributed by atoms with E-state index in [-0.39, 0.29) is 0 Å². The Morgan fingerprint density at radius 1 is 1.05 bits per heavy atom. The normalized spacial score (nSPS) is 11.2. The van der Waals surface area contributed by atoms with Crippen LogP contribution in [0.15, 0.2) is 24.3 Å². The fraction of sp³-hybridized carbons (Fsp3) is 0.214. The first-order valence-electron chi connectivity index (χ1n) is 6.02. The van der Waals surface area contributed by atoms with Gasteiger partial charge in [0.1, 0.15) is 11.0 Å². The number of aryl methyl sites for hydroxylation is 3. The summed E-state index contributed by atoms with van der Waals surface area (Å²) in [5, 5.41) is 8.88. The van der Waals surface area contributed by atoms with Crippen molar-refractivity contribution in [1.82, 2.24) is 19.6 Å². The van der Waals surface area contributed by atoms with Crippen LogP contribution in [0, 0.1) is 20.8 Å². The second-order valence-corrected chi connectivity index (χ2v) is 5.05. The molecule has 0 aliphatic carbocycles. The first kappa shape index (κ1) is 12.1. The van der Waals surface area contributed by atoms with Gasteiger partial charge in [-0.15, -0.1) is 10.2 Å². The Labute approximate surface area is 116 Å². The molecule has 0 aliphatic heterocycles. The molecule has 0 saturated carbocycles. The van der Waals surface area contributed by atoms with Gasteiger partial charge in [-0.3, -0.25) is 4.40 Å². The molecular formula is C14H13ClN4. The molecule has 0 N–H and O–H groups in total. The monoisotopic (exact) mass is 272 g/mol. The molecule has 1 aromatic carbocycles. The van der Waals surface area contributed by atoms with Crippen LogP contribution in [0.2, 0.25) is 5.15 Å². The van der Waals surface area contributed by atoms with Crippen molar-refractivity contribution >= 4 is 17.2 Å². The second kappa shape index (κ2) is 4.31. The average Bonchev–Trinajstić information content (AvgIpc) is 2.72. The number of rotatable bonds is 1. The van der Waals surface area contributed by atoms with Crippen LogP contribution < -0.4 is 0 Å². The summed E-state index contributed by atoms with van der Waals surface area (Å²) >= 11 is 5.94. The van der Waals surface area contributed by atoms with Gasteiger partial charge in [0, 0.05) is 11.6 Å². The van der Waals surface area contributed by atoms with Gasteiger partial charge in [0.05, 0.1) is 0 Å². The average molecular weight is 273 g/mol. The molecule has 0 bridgehead atoms. The van der Waals surface area contributed by atoms with E-state index in [2.05, 4.69) is 47.2 Å². The Balaban J connectivity index is 2.31. The molecule has 0 amide bonds. The molecular weight excluding hydrogens is 260 g/mol. The Kier molecular flexibility index (Phi) is 2.75. The molecule has 4 nitrogen and oxygen atoms in total. The number of aromatic nitrogens is 4. The first-order valence-corrected chi connectivity index (χ1v) is 6.40. The van der Waals surface area contributed by atoms with Crippen molar-refractivity contribution in [1.29, 1.82) is 0 Å². The van der Waals surface area contributed by atoms with Crippen molar-refractivity contribution in [3.05, 3.63) is 46.4 Å². The van der Waals surface area contributed by atoms with E-state index in [1.807, 2.05) is 11.3 Å². The minimum atomic E-state index is 0.435. The summed E-state index contributed by atoms with van der Waals surface area (Å²) in [5.74, 6) is 1.58.